The van der Waals surface area contributed by atoms with Crippen molar-refractivity contribution in [3.8, 4) is 11.5 Å². The quantitative estimate of drug-likeness (QED) is 0.624. The van der Waals surface area contributed by atoms with Crippen molar-refractivity contribution >= 4 is 31.6 Å². The summed E-state index contributed by atoms with van der Waals surface area (Å²) >= 11 is 0. The van der Waals surface area contributed by atoms with Crippen LogP contribution in [0.25, 0.3) is 0 Å². The molecule has 0 saturated carbocycles. The molecule has 0 aliphatic carbocycles. The first-order chi connectivity index (χ1) is 14.6. The van der Waals surface area contributed by atoms with Gasteiger partial charge >= 0.3 is 0 Å². The van der Waals surface area contributed by atoms with Gasteiger partial charge in [0.05, 0.1) is 36.5 Å². The lowest BCUT2D eigenvalue weighted by molar-refractivity contribution is -0.119. The van der Waals surface area contributed by atoms with E-state index in [-0.39, 0.29) is 22.9 Å². The van der Waals surface area contributed by atoms with Crippen LogP contribution < -0.4 is 18.5 Å². The van der Waals surface area contributed by atoms with Crippen LogP contribution in [0.5, 0.6) is 11.5 Å². The molecule has 1 saturated heterocycles. The summed E-state index contributed by atoms with van der Waals surface area (Å²) in [5, 5.41) is 0. The second kappa shape index (κ2) is 8.85. The molecule has 31 heavy (non-hydrogen) atoms. The minimum absolute atomic E-state index is 0.0272. The third-order valence-corrected chi connectivity index (χ3v) is 8.24. The van der Waals surface area contributed by atoms with E-state index in [0.717, 1.165) is 9.87 Å². The summed E-state index contributed by atoms with van der Waals surface area (Å²) in [6, 6.07) is 10.5. The number of benzene rings is 2. The van der Waals surface area contributed by atoms with Crippen LogP contribution in [0, 0.1) is 5.92 Å². The Balaban J connectivity index is 1.68. The first kappa shape index (κ1) is 23.0. The highest BCUT2D eigenvalue weighted by atomic mass is 32.2. The van der Waals surface area contributed by atoms with Crippen molar-refractivity contribution in [2.75, 3.05) is 30.8 Å². The zero-order valence-corrected chi connectivity index (χ0v) is 19.0. The monoisotopic (exact) mass is 468 g/mol. The highest BCUT2D eigenvalue weighted by Crippen LogP contribution is 2.29. The van der Waals surface area contributed by atoms with Crippen molar-refractivity contribution < 1.29 is 31.1 Å². The summed E-state index contributed by atoms with van der Waals surface area (Å²) in [5.41, 5.74) is 0.987. The van der Waals surface area contributed by atoms with E-state index in [9.17, 15) is 21.6 Å². The molecule has 1 aliphatic rings. The summed E-state index contributed by atoms with van der Waals surface area (Å²) in [6.07, 6.45) is 0.427. The number of carbonyl (C=O) groups is 1. The molecule has 1 unspecified atom stereocenters. The average Bonchev–Trinajstić information content (AvgIpc) is 2.94. The van der Waals surface area contributed by atoms with E-state index < -0.39 is 31.9 Å². The normalized spacial score (nSPS) is 18.2. The first-order valence-electron chi connectivity index (χ1n) is 9.46. The maximum Gasteiger partial charge on any atom is 0.244 e. The number of sulfonamides is 2. The molecular weight excluding hydrogens is 444 g/mol. The van der Waals surface area contributed by atoms with Gasteiger partial charge in [-0.1, -0.05) is 13.0 Å². The second-order valence-electron chi connectivity index (χ2n) is 7.11. The fourth-order valence-electron chi connectivity index (χ4n) is 3.30. The molecule has 2 aromatic carbocycles. The summed E-state index contributed by atoms with van der Waals surface area (Å²) in [5.74, 6) is -0.280. The van der Waals surface area contributed by atoms with Crippen LogP contribution in [0.4, 0.5) is 5.69 Å². The molecule has 1 N–H and O–H groups in total. The van der Waals surface area contributed by atoms with Crippen LogP contribution >= 0.6 is 0 Å². The van der Waals surface area contributed by atoms with Gasteiger partial charge in [0.15, 0.2) is 11.5 Å². The van der Waals surface area contributed by atoms with E-state index >= 15 is 0 Å². The molecule has 1 atom stereocenters. The lowest BCUT2D eigenvalue weighted by Gasteiger charge is -2.16. The van der Waals surface area contributed by atoms with E-state index in [0.29, 0.717) is 17.9 Å². The Bertz CT molecular complexity index is 1180. The number of hydrogen-bond donors (Lipinski definition) is 1. The molecule has 1 amide bonds. The van der Waals surface area contributed by atoms with Crippen molar-refractivity contribution in [1.29, 1.82) is 0 Å². The molecule has 3 rings (SSSR count). The topological polar surface area (TPSA) is 119 Å². The number of nitrogens with one attached hydrogen (secondary N) is 1. The smallest absolute Gasteiger partial charge is 0.244 e. The Morgan fingerprint density at radius 1 is 1.06 bits per heavy atom. The SMILES string of the molecule is COc1ccc(CCNS(=O)(=O)c2ccc(N3C(=O)C(C)CS3(=O)=O)cc2)cc1OC. The molecule has 0 radical (unpaired) electrons. The first-order valence-corrected chi connectivity index (χ1v) is 12.6. The number of ether oxygens (including phenoxy) is 2. The zero-order valence-electron chi connectivity index (χ0n) is 17.4. The number of methoxy groups -OCH3 is 2. The van der Waals surface area contributed by atoms with E-state index in [1.807, 2.05) is 6.07 Å². The molecule has 0 spiro atoms. The molecule has 1 aliphatic heterocycles. The highest BCUT2D eigenvalue weighted by Gasteiger charge is 2.41. The zero-order chi connectivity index (χ0) is 22.8. The minimum Gasteiger partial charge on any atom is -0.493 e. The summed E-state index contributed by atoms with van der Waals surface area (Å²) in [6.45, 7) is 1.69. The van der Waals surface area contributed by atoms with E-state index in [4.69, 9.17) is 9.47 Å². The molecule has 1 heterocycles. The fraction of sp³-hybridized carbons (Fsp3) is 0.350. The van der Waals surface area contributed by atoms with Crippen LogP contribution in [-0.2, 0) is 31.3 Å². The Kier molecular flexibility index (Phi) is 6.58. The Labute approximate surface area is 182 Å². The van der Waals surface area contributed by atoms with Crippen molar-refractivity contribution in [2.45, 2.75) is 18.2 Å². The van der Waals surface area contributed by atoms with Gasteiger partial charge in [0.2, 0.25) is 26.0 Å². The summed E-state index contributed by atoms with van der Waals surface area (Å²) in [7, 11) is -4.50. The minimum atomic E-state index is -3.81. The summed E-state index contributed by atoms with van der Waals surface area (Å²) in [4.78, 5) is 12.1. The number of hydrogen-bond acceptors (Lipinski definition) is 7. The third-order valence-electron chi connectivity index (χ3n) is 4.90. The van der Waals surface area contributed by atoms with Gasteiger partial charge in [-0.25, -0.2) is 25.9 Å². The van der Waals surface area contributed by atoms with Gasteiger partial charge in [0.1, 0.15) is 0 Å². The largest absolute Gasteiger partial charge is 0.493 e. The molecule has 11 heteroatoms. The number of anilines is 1. The highest BCUT2D eigenvalue weighted by molar-refractivity contribution is 7.94. The summed E-state index contributed by atoms with van der Waals surface area (Å²) < 4.78 is 63.2. The standard InChI is InChI=1S/C20H24N2O7S2/c1-14-13-30(24,25)22(20(14)23)16-5-7-17(8-6-16)31(26,27)21-11-10-15-4-9-18(28-2)19(12-15)29-3/h4-9,12,14,21H,10-11,13H2,1-3H3. The van der Waals surface area contributed by atoms with Gasteiger partial charge < -0.3 is 9.47 Å². The van der Waals surface area contributed by atoms with Gasteiger partial charge in [-0.3, -0.25) is 4.79 Å². The third kappa shape index (κ3) is 4.83. The van der Waals surface area contributed by atoms with Crippen molar-refractivity contribution in [2.24, 2.45) is 5.92 Å². The van der Waals surface area contributed by atoms with E-state index in [1.165, 1.54) is 38.5 Å². The Morgan fingerprint density at radius 2 is 1.71 bits per heavy atom. The van der Waals surface area contributed by atoms with Crippen LogP contribution in [-0.4, -0.2) is 49.3 Å². The molecule has 0 bridgehead atoms. The number of carbonyl (C=O) groups excluding carboxylic acids is 1. The maximum atomic E-state index is 12.6. The Morgan fingerprint density at radius 3 is 2.26 bits per heavy atom. The van der Waals surface area contributed by atoms with Crippen LogP contribution in [0.2, 0.25) is 0 Å². The van der Waals surface area contributed by atoms with Crippen LogP contribution in [0.1, 0.15) is 12.5 Å². The van der Waals surface area contributed by atoms with Crippen LogP contribution in [0.3, 0.4) is 0 Å². The molecule has 168 valence electrons. The number of rotatable bonds is 8. The van der Waals surface area contributed by atoms with Crippen molar-refractivity contribution in [3.63, 3.8) is 0 Å². The van der Waals surface area contributed by atoms with Crippen LogP contribution in [0.15, 0.2) is 47.4 Å². The predicted molar refractivity (Wildman–Crippen MR) is 115 cm³/mol. The lowest BCUT2D eigenvalue weighted by Crippen LogP contribution is -2.30. The van der Waals surface area contributed by atoms with E-state index in [2.05, 4.69) is 4.72 Å². The van der Waals surface area contributed by atoms with Crippen molar-refractivity contribution in [1.82, 2.24) is 4.72 Å². The number of amides is 1. The maximum absolute atomic E-state index is 12.6. The van der Waals surface area contributed by atoms with Crippen molar-refractivity contribution in [3.05, 3.63) is 48.0 Å². The van der Waals surface area contributed by atoms with Gasteiger partial charge in [-0.05, 0) is 48.4 Å². The van der Waals surface area contributed by atoms with E-state index in [1.54, 1.807) is 19.1 Å². The average molecular weight is 469 g/mol. The number of nitrogens with zero attached hydrogens (tertiary/aromatic N) is 1. The van der Waals surface area contributed by atoms with Gasteiger partial charge in [0.25, 0.3) is 0 Å². The molecule has 2 aromatic rings. The van der Waals surface area contributed by atoms with Gasteiger partial charge in [0, 0.05) is 6.54 Å². The second-order valence-corrected chi connectivity index (χ2v) is 10.7. The molecule has 1 fully saturated rings. The Hall–Kier alpha value is -2.63. The fourth-order valence-corrected chi connectivity index (χ4v) is 6.15. The van der Waals surface area contributed by atoms with Gasteiger partial charge in [-0.2, -0.15) is 0 Å². The van der Waals surface area contributed by atoms with Gasteiger partial charge in [-0.15, -0.1) is 0 Å². The predicted octanol–water partition coefficient (Wildman–Crippen LogP) is 1.54. The lowest BCUT2D eigenvalue weighted by atomic mass is 10.1. The molecule has 9 nitrogen and oxygen atoms in total. The molecular formula is C20H24N2O7S2. The molecule has 0 aromatic heterocycles.